The first-order valence-electron chi connectivity index (χ1n) is 10.4. The van der Waals surface area contributed by atoms with Gasteiger partial charge in [0.1, 0.15) is 5.65 Å². The van der Waals surface area contributed by atoms with Crippen molar-refractivity contribution in [3.63, 3.8) is 0 Å². The summed E-state index contributed by atoms with van der Waals surface area (Å²) < 4.78 is 0. The van der Waals surface area contributed by atoms with Gasteiger partial charge in [-0.1, -0.05) is 30.3 Å². The van der Waals surface area contributed by atoms with E-state index in [0.717, 1.165) is 58.7 Å². The van der Waals surface area contributed by atoms with E-state index in [1.165, 1.54) is 0 Å². The molecule has 0 radical (unpaired) electrons. The molecule has 0 saturated carbocycles. The molecular weight excluding hydrogens is 394 g/mol. The predicted octanol–water partition coefficient (Wildman–Crippen LogP) is 3.94. The Morgan fingerprint density at radius 3 is 2.93 bits per heavy atom. The number of anilines is 1. The fourth-order valence-corrected chi connectivity index (χ4v) is 4.64. The van der Waals surface area contributed by atoms with Crippen molar-refractivity contribution in [3.05, 3.63) is 71.5 Å². The largest absolute Gasteiger partial charge is 0.346 e. The van der Waals surface area contributed by atoms with Crippen LogP contribution in [0, 0.1) is 0 Å². The maximum atomic E-state index is 13.1. The van der Waals surface area contributed by atoms with Gasteiger partial charge in [0.05, 0.1) is 16.6 Å². The second-order valence-corrected chi connectivity index (χ2v) is 8.46. The quantitative estimate of drug-likeness (QED) is 0.480. The Kier molecular flexibility index (Phi) is 6.71. The van der Waals surface area contributed by atoms with Gasteiger partial charge in [-0.05, 0) is 43.5 Å². The summed E-state index contributed by atoms with van der Waals surface area (Å²) >= 11 is 1.61. The van der Waals surface area contributed by atoms with Gasteiger partial charge in [-0.2, -0.15) is 0 Å². The van der Waals surface area contributed by atoms with E-state index in [2.05, 4.69) is 32.3 Å². The number of thioether (sulfide) groups is 1. The molecule has 1 aliphatic rings. The van der Waals surface area contributed by atoms with Crippen LogP contribution in [-0.2, 0) is 4.79 Å². The van der Waals surface area contributed by atoms with E-state index >= 15 is 0 Å². The van der Waals surface area contributed by atoms with E-state index in [0.29, 0.717) is 6.54 Å². The SMILES string of the molecule is NCCCCC(NC(=O)C1=CN(c2ccnc3[nH]ccc23)CCS1)c1ccccc1. The molecule has 0 saturated heterocycles. The molecule has 0 spiro atoms. The van der Waals surface area contributed by atoms with Crippen LogP contribution in [0.3, 0.4) is 0 Å². The van der Waals surface area contributed by atoms with Gasteiger partial charge in [0, 0.05) is 36.3 Å². The predicted molar refractivity (Wildman–Crippen MR) is 124 cm³/mol. The maximum Gasteiger partial charge on any atom is 0.259 e. The normalized spacial score (nSPS) is 15.1. The number of hydrogen-bond acceptors (Lipinski definition) is 5. The number of aromatic amines is 1. The van der Waals surface area contributed by atoms with Crippen molar-refractivity contribution >= 4 is 34.4 Å². The van der Waals surface area contributed by atoms with Crippen LogP contribution in [0.2, 0.25) is 0 Å². The number of unbranched alkanes of at least 4 members (excludes halogenated alkanes) is 1. The smallest absolute Gasteiger partial charge is 0.259 e. The lowest BCUT2D eigenvalue weighted by Gasteiger charge is -2.27. The van der Waals surface area contributed by atoms with Crippen molar-refractivity contribution in [1.82, 2.24) is 15.3 Å². The van der Waals surface area contributed by atoms with Crippen molar-refractivity contribution in [2.45, 2.75) is 25.3 Å². The Morgan fingerprint density at radius 2 is 2.10 bits per heavy atom. The van der Waals surface area contributed by atoms with Crippen LogP contribution in [0.5, 0.6) is 0 Å². The highest BCUT2D eigenvalue weighted by atomic mass is 32.2. The highest BCUT2D eigenvalue weighted by Gasteiger charge is 2.22. The van der Waals surface area contributed by atoms with Gasteiger partial charge in [0.15, 0.2) is 0 Å². The highest BCUT2D eigenvalue weighted by molar-refractivity contribution is 8.04. The van der Waals surface area contributed by atoms with Crippen molar-refractivity contribution in [2.75, 3.05) is 23.7 Å². The Hall–Kier alpha value is -2.77. The number of rotatable bonds is 8. The average molecular weight is 422 g/mol. The molecule has 1 aromatic carbocycles. The van der Waals surface area contributed by atoms with Gasteiger partial charge in [0.2, 0.25) is 0 Å². The van der Waals surface area contributed by atoms with Gasteiger partial charge < -0.3 is 20.9 Å². The average Bonchev–Trinajstić information content (AvgIpc) is 3.28. The minimum atomic E-state index is -0.0225. The van der Waals surface area contributed by atoms with Gasteiger partial charge in [-0.15, -0.1) is 11.8 Å². The molecule has 6 nitrogen and oxygen atoms in total. The molecule has 4 rings (SSSR count). The first-order chi connectivity index (χ1) is 14.8. The number of fused-ring (bicyclic) bond motifs is 1. The molecule has 1 unspecified atom stereocenters. The number of amides is 1. The minimum Gasteiger partial charge on any atom is -0.346 e. The summed E-state index contributed by atoms with van der Waals surface area (Å²) in [5, 5.41) is 4.31. The Morgan fingerprint density at radius 1 is 1.23 bits per heavy atom. The first-order valence-corrected chi connectivity index (χ1v) is 11.3. The zero-order valence-electron chi connectivity index (χ0n) is 16.9. The Bertz CT molecular complexity index is 1020. The lowest BCUT2D eigenvalue weighted by Crippen LogP contribution is -2.33. The van der Waals surface area contributed by atoms with Crippen molar-refractivity contribution in [2.24, 2.45) is 5.73 Å². The number of hydrogen-bond donors (Lipinski definition) is 3. The topological polar surface area (TPSA) is 87.0 Å². The molecule has 0 aliphatic carbocycles. The van der Waals surface area contributed by atoms with E-state index in [1.54, 1.807) is 18.0 Å². The molecule has 1 amide bonds. The maximum absolute atomic E-state index is 13.1. The molecular formula is C23H27N5OS. The van der Waals surface area contributed by atoms with Crippen LogP contribution in [0.4, 0.5) is 5.69 Å². The third-order valence-corrected chi connectivity index (χ3v) is 6.28. The number of H-pyrrole nitrogens is 1. The number of carbonyl (C=O) groups is 1. The van der Waals surface area contributed by atoms with E-state index in [-0.39, 0.29) is 11.9 Å². The molecule has 7 heteroatoms. The molecule has 0 fully saturated rings. The number of carbonyl (C=O) groups excluding carboxylic acids is 1. The van der Waals surface area contributed by atoms with Gasteiger partial charge in [0.25, 0.3) is 5.91 Å². The number of nitrogens with two attached hydrogens (primary N) is 1. The fourth-order valence-electron chi connectivity index (χ4n) is 3.74. The van der Waals surface area contributed by atoms with E-state index < -0.39 is 0 Å². The summed E-state index contributed by atoms with van der Waals surface area (Å²) in [6.07, 6.45) is 8.47. The molecule has 3 aromatic rings. The lowest BCUT2D eigenvalue weighted by atomic mass is 10.0. The second kappa shape index (κ2) is 9.82. The van der Waals surface area contributed by atoms with Crippen molar-refractivity contribution in [1.29, 1.82) is 0 Å². The molecule has 4 N–H and O–H groups in total. The Balaban J connectivity index is 1.53. The molecule has 1 atom stereocenters. The highest BCUT2D eigenvalue weighted by Crippen LogP contribution is 2.31. The van der Waals surface area contributed by atoms with Gasteiger partial charge in [-0.25, -0.2) is 4.98 Å². The summed E-state index contributed by atoms with van der Waals surface area (Å²) in [7, 11) is 0. The molecule has 0 bridgehead atoms. The number of pyridine rings is 1. The van der Waals surface area contributed by atoms with E-state index in [4.69, 9.17) is 5.73 Å². The Labute approximate surface area is 180 Å². The van der Waals surface area contributed by atoms with Crippen LogP contribution < -0.4 is 16.0 Å². The van der Waals surface area contributed by atoms with E-state index in [1.807, 2.05) is 42.7 Å². The van der Waals surface area contributed by atoms with Gasteiger partial charge >= 0.3 is 0 Å². The third kappa shape index (κ3) is 4.68. The minimum absolute atomic E-state index is 0.0144. The van der Waals surface area contributed by atoms with E-state index in [9.17, 15) is 4.79 Å². The summed E-state index contributed by atoms with van der Waals surface area (Å²) in [5.41, 5.74) is 8.71. The zero-order chi connectivity index (χ0) is 20.8. The third-order valence-electron chi connectivity index (χ3n) is 5.29. The molecule has 30 heavy (non-hydrogen) atoms. The molecule has 2 aromatic heterocycles. The molecule has 156 valence electrons. The summed E-state index contributed by atoms with van der Waals surface area (Å²) in [6.45, 7) is 1.52. The van der Waals surface area contributed by atoms with Crippen LogP contribution >= 0.6 is 11.8 Å². The van der Waals surface area contributed by atoms with Crippen LogP contribution in [0.25, 0.3) is 11.0 Å². The first kappa shape index (κ1) is 20.5. The summed E-state index contributed by atoms with van der Waals surface area (Å²) in [5.74, 6) is 0.835. The monoisotopic (exact) mass is 421 g/mol. The van der Waals surface area contributed by atoms with Crippen LogP contribution in [0.15, 0.2) is 66.0 Å². The van der Waals surface area contributed by atoms with Crippen molar-refractivity contribution < 1.29 is 4.79 Å². The standard InChI is InChI=1S/C23H27N5OS/c24-11-5-4-8-19(17-6-2-1-3-7-17)27-23(29)21-16-28(14-15-30-21)20-10-13-26-22-18(20)9-12-25-22/h1-3,6-7,9-10,12-13,16,19H,4-5,8,11,14-15,24H2,(H,25,26)(H,27,29). The summed E-state index contributed by atoms with van der Waals surface area (Å²) in [6, 6.07) is 14.2. The van der Waals surface area contributed by atoms with Gasteiger partial charge in [-0.3, -0.25) is 4.79 Å². The molecule has 3 heterocycles. The second-order valence-electron chi connectivity index (χ2n) is 7.33. The van der Waals surface area contributed by atoms with Crippen molar-refractivity contribution in [3.8, 4) is 0 Å². The number of nitrogens with zero attached hydrogens (tertiary/aromatic N) is 2. The number of nitrogens with one attached hydrogen (secondary N) is 2. The fraction of sp³-hybridized carbons (Fsp3) is 0.304. The lowest BCUT2D eigenvalue weighted by molar-refractivity contribution is -0.117. The van der Waals surface area contributed by atoms with Crippen LogP contribution in [-0.4, -0.2) is 34.7 Å². The number of aromatic nitrogens is 2. The molecule has 1 aliphatic heterocycles. The number of benzene rings is 1. The summed E-state index contributed by atoms with van der Waals surface area (Å²) in [4.78, 5) is 23.5. The zero-order valence-corrected chi connectivity index (χ0v) is 17.7. The van der Waals surface area contributed by atoms with Crippen LogP contribution in [0.1, 0.15) is 30.9 Å².